The summed E-state index contributed by atoms with van der Waals surface area (Å²) in [7, 11) is 0. The van der Waals surface area contributed by atoms with E-state index in [0.717, 1.165) is 18.7 Å². The molecule has 1 aromatic carbocycles. The zero-order valence-electron chi connectivity index (χ0n) is 8.77. The Morgan fingerprint density at radius 2 is 2.06 bits per heavy atom. The smallest absolute Gasteiger partial charge is 0.170 e. The van der Waals surface area contributed by atoms with Crippen molar-refractivity contribution in [2.24, 2.45) is 4.99 Å². The molecular weight excluding hydrogens is 238 g/mol. The number of rotatable bonds is 5. The third-order valence-corrected chi connectivity index (χ3v) is 2.20. The van der Waals surface area contributed by atoms with Gasteiger partial charge in [-0.2, -0.15) is 0 Å². The van der Waals surface area contributed by atoms with Crippen LogP contribution in [0.2, 0.25) is 0 Å². The molecule has 0 unspecified atom stereocenters. The Labute approximate surface area is 106 Å². The second-order valence-corrected chi connectivity index (χ2v) is 3.66. The van der Waals surface area contributed by atoms with Crippen molar-refractivity contribution in [3.8, 4) is 0 Å². The molecule has 3 nitrogen and oxygen atoms in total. The highest BCUT2D eigenvalue weighted by molar-refractivity contribution is 7.80. The number of nitrogens with zero attached hydrogens (tertiary/aromatic N) is 1. The van der Waals surface area contributed by atoms with Crippen molar-refractivity contribution in [3.63, 3.8) is 0 Å². The molecular formula is C11H13N3S2. The molecule has 84 valence electrons. The van der Waals surface area contributed by atoms with Gasteiger partial charge < -0.3 is 10.6 Å². The highest BCUT2D eigenvalue weighted by atomic mass is 32.1. The molecule has 0 fully saturated rings. The minimum Gasteiger partial charge on any atom is -0.362 e. The van der Waals surface area contributed by atoms with Crippen LogP contribution >= 0.6 is 24.4 Å². The van der Waals surface area contributed by atoms with Crippen LogP contribution < -0.4 is 10.6 Å². The van der Waals surface area contributed by atoms with Gasteiger partial charge in [0.25, 0.3) is 0 Å². The summed E-state index contributed by atoms with van der Waals surface area (Å²) in [6.45, 7) is 1.46. The zero-order chi connectivity index (χ0) is 11.6. The Morgan fingerprint density at radius 3 is 2.75 bits per heavy atom. The Morgan fingerprint density at radius 1 is 1.31 bits per heavy atom. The lowest BCUT2D eigenvalue weighted by Gasteiger charge is -2.09. The molecule has 0 amide bonds. The first-order valence-electron chi connectivity index (χ1n) is 4.96. The van der Waals surface area contributed by atoms with E-state index in [4.69, 9.17) is 12.2 Å². The molecule has 0 spiro atoms. The fraction of sp³-hybridized carbons (Fsp3) is 0.273. The van der Waals surface area contributed by atoms with Gasteiger partial charge >= 0.3 is 0 Å². The van der Waals surface area contributed by atoms with Gasteiger partial charge in [0.1, 0.15) is 0 Å². The highest BCUT2D eigenvalue weighted by Gasteiger charge is 1.95. The molecule has 2 N–H and O–H groups in total. The molecule has 16 heavy (non-hydrogen) atoms. The van der Waals surface area contributed by atoms with E-state index in [2.05, 4.69) is 33.0 Å². The van der Waals surface area contributed by atoms with Crippen molar-refractivity contribution in [1.82, 2.24) is 5.32 Å². The summed E-state index contributed by atoms with van der Waals surface area (Å²) in [6.07, 6.45) is 0.889. The van der Waals surface area contributed by atoms with Crippen molar-refractivity contribution in [2.75, 3.05) is 18.4 Å². The molecule has 5 heteroatoms. The topological polar surface area (TPSA) is 36.4 Å². The first-order valence-corrected chi connectivity index (χ1v) is 5.78. The second kappa shape index (κ2) is 7.93. The minimum absolute atomic E-state index is 0.623. The van der Waals surface area contributed by atoms with Gasteiger partial charge in [0, 0.05) is 12.2 Å². The van der Waals surface area contributed by atoms with E-state index in [1.807, 2.05) is 30.3 Å². The van der Waals surface area contributed by atoms with Gasteiger partial charge in [0.2, 0.25) is 0 Å². The third-order valence-electron chi connectivity index (χ3n) is 1.83. The quantitative estimate of drug-likeness (QED) is 0.479. The largest absolute Gasteiger partial charge is 0.362 e. The molecule has 0 heterocycles. The summed E-state index contributed by atoms with van der Waals surface area (Å²) >= 11 is 9.59. The van der Waals surface area contributed by atoms with Crippen LogP contribution in [0.4, 0.5) is 5.69 Å². The number of para-hydroxylation sites is 1. The molecule has 0 atom stereocenters. The van der Waals surface area contributed by atoms with E-state index in [1.165, 1.54) is 0 Å². The minimum atomic E-state index is 0.623. The summed E-state index contributed by atoms with van der Waals surface area (Å²) in [5.74, 6) is 0. The van der Waals surface area contributed by atoms with E-state index in [0.29, 0.717) is 11.7 Å². The number of hydrogen-bond donors (Lipinski definition) is 2. The third kappa shape index (κ3) is 5.56. The maximum Gasteiger partial charge on any atom is 0.170 e. The number of thiocarbonyl (C=S) groups is 2. The number of anilines is 1. The summed E-state index contributed by atoms with van der Waals surface area (Å²) in [5.41, 5.74) is 0.983. The van der Waals surface area contributed by atoms with E-state index in [1.54, 1.807) is 0 Å². The molecule has 1 rings (SSSR count). The maximum absolute atomic E-state index is 5.12. The molecule has 1 aromatic rings. The predicted molar refractivity (Wildman–Crippen MR) is 75.2 cm³/mol. The average molecular weight is 251 g/mol. The first kappa shape index (κ1) is 12.8. The second-order valence-electron chi connectivity index (χ2n) is 3.07. The predicted octanol–water partition coefficient (Wildman–Crippen LogP) is 2.47. The number of benzene rings is 1. The zero-order valence-corrected chi connectivity index (χ0v) is 10.4. The van der Waals surface area contributed by atoms with Crippen molar-refractivity contribution in [3.05, 3.63) is 30.3 Å². The highest BCUT2D eigenvalue weighted by Crippen LogP contribution is 2.04. The molecule has 0 aromatic heterocycles. The van der Waals surface area contributed by atoms with Crippen molar-refractivity contribution >= 4 is 40.4 Å². The first-order chi connectivity index (χ1) is 7.83. The Balaban J connectivity index is 2.19. The Kier molecular flexibility index (Phi) is 6.33. The molecule has 0 aliphatic carbocycles. The van der Waals surface area contributed by atoms with Gasteiger partial charge in [-0.3, -0.25) is 0 Å². The monoisotopic (exact) mass is 251 g/mol. The Bertz CT molecular complexity index is 372. The fourth-order valence-corrected chi connectivity index (χ4v) is 1.41. The van der Waals surface area contributed by atoms with Crippen LogP contribution in [0.5, 0.6) is 0 Å². The van der Waals surface area contributed by atoms with Gasteiger partial charge in [0.05, 0.1) is 11.7 Å². The van der Waals surface area contributed by atoms with Gasteiger partial charge in [-0.1, -0.05) is 18.2 Å². The Hall–Kier alpha value is -1.29. The lowest BCUT2D eigenvalue weighted by atomic mass is 10.3. The van der Waals surface area contributed by atoms with E-state index in [9.17, 15) is 0 Å². The number of hydrogen-bond acceptors (Lipinski definition) is 3. The number of aliphatic imine (C=N–C) groups is 1. The van der Waals surface area contributed by atoms with E-state index >= 15 is 0 Å². The number of nitrogens with one attached hydrogen (secondary N) is 2. The van der Waals surface area contributed by atoms with Crippen molar-refractivity contribution in [2.45, 2.75) is 6.42 Å². The molecule has 0 aliphatic heterocycles. The van der Waals surface area contributed by atoms with Crippen molar-refractivity contribution in [1.29, 1.82) is 0 Å². The van der Waals surface area contributed by atoms with Crippen LogP contribution in [-0.4, -0.2) is 23.4 Å². The van der Waals surface area contributed by atoms with Crippen molar-refractivity contribution < 1.29 is 0 Å². The SMILES string of the molecule is S=C=NCCCNC(=S)Nc1ccccc1. The molecule has 0 aliphatic rings. The normalized spacial score (nSPS) is 9.00. The number of isothiocyanates is 1. The summed E-state index contributed by atoms with van der Waals surface area (Å²) in [4.78, 5) is 3.81. The summed E-state index contributed by atoms with van der Waals surface area (Å²) < 4.78 is 0. The summed E-state index contributed by atoms with van der Waals surface area (Å²) in [5, 5.41) is 9.13. The average Bonchev–Trinajstić information content (AvgIpc) is 2.30. The molecule has 0 saturated carbocycles. The van der Waals surface area contributed by atoms with Crippen LogP contribution in [0.1, 0.15) is 6.42 Å². The van der Waals surface area contributed by atoms with Gasteiger partial charge in [-0.05, 0) is 43.0 Å². The molecule has 0 saturated heterocycles. The molecule has 0 radical (unpaired) electrons. The van der Waals surface area contributed by atoms with Gasteiger partial charge in [-0.15, -0.1) is 0 Å². The fourth-order valence-electron chi connectivity index (χ4n) is 1.10. The van der Waals surface area contributed by atoms with Crippen LogP contribution in [0.3, 0.4) is 0 Å². The van der Waals surface area contributed by atoms with Gasteiger partial charge in [0.15, 0.2) is 5.11 Å². The van der Waals surface area contributed by atoms with Gasteiger partial charge in [-0.25, -0.2) is 4.99 Å². The van der Waals surface area contributed by atoms with E-state index < -0.39 is 0 Å². The molecule has 0 bridgehead atoms. The maximum atomic E-state index is 5.12. The lowest BCUT2D eigenvalue weighted by molar-refractivity contribution is 0.791. The van der Waals surface area contributed by atoms with Crippen LogP contribution in [0, 0.1) is 0 Å². The standard InChI is InChI=1S/C11H13N3S2/c15-9-12-7-4-8-13-11(16)14-10-5-2-1-3-6-10/h1-3,5-6H,4,7-8H2,(H2,13,14,16). The lowest BCUT2D eigenvalue weighted by Crippen LogP contribution is -2.29. The van der Waals surface area contributed by atoms with Crippen LogP contribution in [-0.2, 0) is 0 Å². The van der Waals surface area contributed by atoms with Crippen LogP contribution in [0.15, 0.2) is 35.3 Å². The summed E-state index contributed by atoms with van der Waals surface area (Å²) in [6, 6.07) is 9.80. The van der Waals surface area contributed by atoms with E-state index in [-0.39, 0.29) is 0 Å². The van der Waals surface area contributed by atoms with Crippen LogP contribution in [0.25, 0.3) is 0 Å².